The van der Waals surface area contributed by atoms with E-state index in [1.54, 1.807) is 29.9 Å². The molecule has 0 fully saturated rings. The first-order chi connectivity index (χ1) is 10.1. The van der Waals surface area contributed by atoms with Crippen LogP contribution in [0.5, 0.6) is 11.5 Å². The molecule has 0 spiro atoms. The zero-order valence-corrected chi connectivity index (χ0v) is 11.7. The lowest BCUT2D eigenvalue weighted by Gasteiger charge is -2.11. The number of aryl methyl sites for hydroxylation is 1. The Kier molecular flexibility index (Phi) is 4.55. The van der Waals surface area contributed by atoms with Crippen LogP contribution in [0.25, 0.3) is 6.08 Å². The standard InChI is InChI=1S/C14H15N3O4/c1-17-13(15-9-16-17)8-21-12-7-10(4-6-14(18)19)3-5-11(12)20-2/h3-7,9H,8H2,1-2H3,(H,18,19). The number of benzene rings is 1. The van der Waals surface area contributed by atoms with E-state index in [1.165, 1.54) is 19.5 Å². The number of methoxy groups -OCH3 is 1. The molecule has 21 heavy (non-hydrogen) atoms. The molecule has 110 valence electrons. The van der Waals surface area contributed by atoms with Crippen LogP contribution < -0.4 is 9.47 Å². The second-order valence-corrected chi connectivity index (χ2v) is 4.17. The van der Waals surface area contributed by atoms with Crippen molar-refractivity contribution in [2.45, 2.75) is 6.61 Å². The van der Waals surface area contributed by atoms with Gasteiger partial charge in [0, 0.05) is 13.1 Å². The third-order valence-corrected chi connectivity index (χ3v) is 2.77. The molecule has 0 aliphatic rings. The van der Waals surface area contributed by atoms with E-state index < -0.39 is 5.97 Å². The molecule has 0 aliphatic carbocycles. The Morgan fingerprint density at radius 2 is 2.24 bits per heavy atom. The molecule has 7 heteroatoms. The fourth-order valence-electron chi connectivity index (χ4n) is 1.67. The van der Waals surface area contributed by atoms with Crippen molar-refractivity contribution < 1.29 is 19.4 Å². The van der Waals surface area contributed by atoms with Gasteiger partial charge in [0.2, 0.25) is 0 Å². The van der Waals surface area contributed by atoms with Crippen LogP contribution in [-0.4, -0.2) is 33.0 Å². The molecule has 0 saturated carbocycles. The summed E-state index contributed by atoms with van der Waals surface area (Å²) in [5, 5.41) is 12.6. The van der Waals surface area contributed by atoms with E-state index in [-0.39, 0.29) is 6.61 Å². The SMILES string of the molecule is COc1ccc(C=CC(=O)O)cc1OCc1ncnn1C. The normalized spacial score (nSPS) is 10.8. The average Bonchev–Trinajstić information content (AvgIpc) is 2.88. The van der Waals surface area contributed by atoms with E-state index in [1.807, 2.05) is 0 Å². The number of hydrogen-bond acceptors (Lipinski definition) is 5. The van der Waals surface area contributed by atoms with Crippen LogP contribution in [0.2, 0.25) is 0 Å². The van der Waals surface area contributed by atoms with Gasteiger partial charge < -0.3 is 14.6 Å². The predicted octanol–water partition coefficient (Wildman–Crippen LogP) is 1.50. The molecule has 7 nitrogen and oxygen atoms in total. The molecule has 0 atom stereocenters. The minimum absolute atomic E-state index is 0.235. The number of ether oxygens (including phenoxy) is 2. The Morgan fingerprint density at radius 3 is 2.86 bits per heavy atom. The molecular formula is C14H15N3O4. The molecule has 1 aromatic heterocycles. The molecule has 0 saturated heterocycles. The molecule has 2 aromatic rings. The summed E-state index contributed by atoms with van der Waals surface area (Å²) < 4.78 is 12.5. The molecular weight excluding hydrogens is 274 g/mol. The second kappa shape index (κ2) is 6.56. The molecule has 0 aliphatic heterocycles. The summed E-state index contributed by atoms with van der Waals surface area (Å²) >= 11 is 0. The second-order valence-electron chi connectivity index (χ2n) is 4.17. The number of carbonyl (C=O) groups is 1. The van der Waals surface area contributed by atoms with Crippen LogP contribution in [-0.2, 0) is 18.4 Å². The van der Waals surface area contributed by atoms with Gasteiger partial charge >= 0.3 is 5.97 Å². The molecule has 0 radical (unpaired) electrons. The van der Waals surface area contributed by atoms with Gasteiger partial charge in [0.15, 0.2) is 17.3 Å². The highest BCUT2D eigenvalue weighted by atomic mass is 16.5. The lowest BCUT2D eigenvalue weighted by molar-refractivity contribution is -0.131. The lowest BCUT2D eigenvalue weighted by Crippen LogP contribution is -2.05. The molecule has 1 N–H and O–H groups in total. The summed E-state index contributed by atoms with van der Waals surface area (Å²) in [6.45, 7) is 0.235. The monoisotopic (exact) mass is 289 g/mol. The van der Waals surface area contributed by atoms with Gasteiger partial charge in [0.05, 0.1) is 7.11 Å². The fraction of sp³-hybridized carbons (Fsp3) is 0.214. The molecule has 0 unspecified atom stereocenters. The smallest absolute Gasteiger partial charge is 0.328 e. The van der Waals surface area contributed by atoms with Crippen molar-refractivity contribution in [3.63, 3.8) is 0 Å². The number of carboxylic acids is 1. The molecule has 1 aromatic carbocycles. The third-order valence-electron chi connectivity index (χ3n) is 2.77. The van der Waals surface area contributed by atoms with Crippen molar-refractivity contribution in [2.24, 2.45) is 7.05 Å². The van der Waals surface area contributed by atoms with Crippen molar-refractivity contribution in [3.8, 4) is 11.5 Å². The highest BCUT2D eigenvalue weighted by Crippen LogP contribution is 2.29. The van der Waals surface area contributed by atoms with Crippen LogP contribution in [0.4, 0.5) is 0 Å². The Bertz CT molecular complexity index is 664. The highest BCUT2D eigenvalue weighted by Gasteiger charge is 2.07. The number of hydrogen-bond donors (Lipinski definition) is 1. The van der Waals surface area contributed by atoms with Gasteiger partial charge in [-0.25, -0.2) is 9.78 Å². The number of carboxylic acid groups (broad SMARTS) is 1. The Morgan fingerprint density at radius 1 is 1.43 bits per heavy atom. The predicted molar refractivity (Wildman–Crippen MR) is 75.0 cm³/mol. The van der Waals surface area contributed by atoms with Gasteiger partial charge in [0.1, 0.15) is 12.9 Å². The summed E-state index contributed by atoms with van der Waals surface area (Å²) in [7, 11) is 3.31. The first-order valence-corrected chi connectivity index (χ1v) is 6.15. The van der Waals surface area contributed by atoms with Crippen LogP contribution in [0.1, 0.15) is 11.4 Å². The molecule has 0 bridgehead atoms. The maximum Gasteiger partial charge on any atom is 0.328 e. The van der Waals surface area contributed by atoms with E-state index >= 15 is 0 Å². The van der Waals surface area contributed by atoms with Crippen molar-refractivity contribution >= 4 is 12.0 Å². The van der Waals surface area contributed by atoms with Crippen LogP contribution in [0.15, 0.2) is 30.6 Å². The summed E-state index contributed by atoms with van der Waals surface area (Å²) in [4.78, 5) is 14.6. The van der Waals surface area contributed by atoms with E-state index in [9.17, 15) is 4.79 Å². The average molecular weight is 289 g/mol. The Hall–Kier alpha value is -2.83. The van der Waals surface area contributed by atoms with Crippen LogP contribution in [0, 0.1) is 0 Å². The number of rotatable bonds is 6. The van der Waals surface area contributed by atoms with E-state index in [4.69, 9.17) is 14.6 Å². The number of nitrogens with zero attached hydrogens (tertiary/aromatic N) is 3. The van der Waals surface area contributed by atoms with Crippen molar-refractivity contribution in [1.82, 2.24) is 14.8 Å². The molecule has 1 heterocycles. The van der Waals surface area contributed by atoms with Gasteiger partial charge in [0.25, 0.3) is 0 Å². The van der Waals surface area contributed by atoms with E-state index in [0.29, 0.717) is 22.9 Å². The first-order valence-electron chi connectivity index (χ1n) is 6.15. The van der Waals surface area contributed by atoms with Gasteiger partial charge in [-0.1, -0.05) is 6.07 Å². The van der Waals surface area contributed by atoms with E-state index in [0.717, 1.165) is 6.08 Å². The zero-order valence-electron chi connectivity index (χ0n) is 11.7. The van der Waals surface area contributed by atoms with E-state index in [2.05, 4.69) is 10.1 Å². The summed E-state index contributed by atoms with van der Waals surface area (Å²) in [6.07, 6.45) is 3.99. The van der Waals surface area contributed by atoms with Gasteiger partial charge in [-0.3, -0.25) is 4.68 Å². The maximum absolute atomic E-state index is 10.5. The number of aromatic nitrogens is 3. The first kappa shape index (κ1) is 14.6. The zero-order chi connectivity index (χ0) is 15.2. The van der Waals surface area contributed by atoms with Gasteiger partial charge in [-0.2, -0.15) is 5.10 Å². The van der Waals surface area contributed by atoms with Crippen LogP contribution in [0.3, 0.4) is 0 Å². The summed E-state index contributed by atoms with van der Waals surface area (Å²) in [6, 6.07) is 5.16. The maximum atomic E-state index is 10.5. The minimum Gasteiger partial charge on any atom is -0.493 e. The van der Waals surface area contributed by atoms with Gasteiger partial charge in [-0.15, -0.1) is 0 Å². The quantitative estimate of drug-likeness (QED) is 0.811. The van der Waals surface area contributed by atoms with Crippen molar-refractivity contribution in [1.29, 1.82) is 0 Å². The molecule has 2 rings (SSSR count). The minimum atomic E-state index is -1.01. The van der Waals surface area contributed by atoms with Crippen LogP contribution >= 0.6 is 0 Å². The lowest BCUT2D eigenvalue weighted by atomic mass is 10.2. The van der Waals surface area contributed by atoms with Crippen molar-refractivity contribution in [2.75, 3.05) is 7.11 Å². The third kappa shape index (κ3) is 3.82. The van der Waals surface area contributed by atoms with Gasteiger partial charge in [-0.05, 0) is 23.8 Å². The largest absolute Gasteiger partial charge is 0.493 e. The summed E-state index contributed by atoms with van der Waals surface area (Å²) in [5.41, 5.74) is 0.700. The molecule has 0 amide bonds. The van der Waals surface area contributed by atoms with Crippen molar-refractivity contribution in [3.05, 3.63) is 42.0 Å². The highest BCUT2D eigenvalue weighted by molar-refractivity contribution is 5.85. The Balaban J connectivity index is 2.17. The topological polar surface area (TPSA) is 86.5 Å². The Labute approximate surface area is 121 Å². The number of aliphatic carboxylic acids is 1. The fourth-order valence-corrected chi connectivity index (χ4v) is 1.67. The summed E-state index contributed by atoms with van der Waals surface area (Å²) in [5.74, 6) is 0.730.